The van der Waals surface area contributed by atoms with Gasteiger partial charge in [-0.2, -0.15) is 4.98 Å². The second-order valence-electron chi connectivity index (χ2n) is 5.08. The van der Waals surface area contributed by atoms with Gasteiger partial charge in [0, 0.05) is 13.0 Å². The van der Waals surface area contributed by atoms with Gasteiger partial charge in [-0.1, -0.05) is 24.3 Å². The lowest BCUT2D eigenvalue weighted by molar-refractivity contribution is 0.404. The van der Waals surface area contributed by atoms with E-state index in [4.69, 9.17) is 0 Å². The van der Waals surface area contributed by atoms with Crippen LogP contribution in [0.5, 0.6) is 5.88 Å². The van der Waals surface area contributed by atoms with Crippen molar-refractivity contribution < 1.29 is 5.11 Å². The first-order valence-electron chi connectivity index (χ1n) is 6.52. The van der Waals surface area contributed by atoms with E-state index in [1.54, 1.807) is 6.07 Å². The van der Waals surface area contributed by atoms with Crippen LogP contribution in [0.15, 0.2) is 29.1 Å². The van der Waals surface area contributed by atoms with Crippen LogP contribution in [-0.4, -0.2) is 40.6 Å². The van der Waals surface area contributed by atoms with Crippen LogP contribution in [0.3, 0.4) is 0 Å². The maximum atomic E-state index is 12.2. The minimum atomic E-state index is -0.305. The third kappa shape index (κ3) is 3.05. The van der Waals surface area contributed by atoms with Gasteiger partial charge in [-0.25, -0.2) is 0 Å². The predicted molar refractivity (Wildman–Crippen MR) is 79.0 cm³/mol. The van der Waals surface area contributed by atoms with Crippen LogP contribution in [0.2, 0.25) is 0 Å². The smallest absolute Gasteiger partial charge is 0.262 e. The third-order valence-corrected chi connectivity index (χ3v) is 3.16. The molecule has 0 aliphatic carbocycles. The van der Waals surface area contributed by atoms with Crippen molar-refractivity contribution in [2.45, 2.75) is 13.3 Å². The van der Waals surface area contributed by atoms with E-state index in [0.717, 1.165) is 12.1 Å². The van der Waals surface area contributed by atoms with E-state index in [2.05, 4.69) is 9.97 Å². The topological polar surface area (TPSA) is 69.2 Å². The maximum absolute atomic E-state index is 12.2. The van der Waals surface area contributed by atoms with Crippen molar-refractivity contribution in [2.75, 3.05) is 20.6 Å². The molecule has 0 bridgehead atoms. The minimum absolute atomic E-state index is 0.211. The second kappa shape index (κ2) is 5.88. The molecule has 5 heteroatoms. The Morgan fingerprint density at radius 3 is 2.60 bits per heavy atom. The van der Waals surface area contributed by atoms with Gasteiger partial charge in [0.05, 0.1) is 0 Å². The fourth-order valence-electron chi connectivity index (χ4n) is 2.05. The highest BCUT2D eigenvalue weighted by Crippen LogP contribution is 2.26. The number of aromatic amines is 1. The first kappa shape index (κ1) is 14.3. The van der Waals surface area contributed by atoms with E-state index < -0.39 is 0 Å². The molecule has 0 aliphatic rings. The van der Waals surface area contributed by atoms with Gasteiger partial charge >= 0.3 is 0 Å². The van der Waals surface area contributed by atoms with Gasteiger partial charge in [0.2, 0.25) is 5.88 Å². The van der Waals surface area contributed by atoms with Crippen molar-refractivity contribution in [3.8, 4) is 17.0 Å². The predicted octanol–water partition coefficient (Wildman–Crippen LogP) is 1.56. The fourth-order valence-corrected chi connectivity index (χ4v) is 2.05. The molecule has 20 heavy (non-hydrogen) atoms. The molecule has 0 amide bonds. The Hall–Kier alpha value is -2.14. The largest absolute Gasteiger partial charge is 0.493 e. The van der Waals surface area contributed by atoms with Crippen LogP contribution in [0, 0.1) is 6.92 Å². The standard InChI is InChI=1S/C15H19N3O2/c1-10-6-4-5-7-11(10)13-14(19)16-12(17-15(13)20)8-9-18(2)3/h4-7H,8-9H2,1-3H3,(H2,16,17,19,20). The summed E-state index contributed by atoms with van der Waals surface area (Å²) in [6.07, 6.45) is 0.587. The number of aryl methyl sites for hydroxylation is 1. The first-order valence-corrected chi connectivity index (χ1v) is 6.52. The Morgan fingerprint density at radius 1 is 1.30 bits per heavy atom. The second-order valence-corrected chi connectivity index (χ2v) is 5.08. The number of aromatic hydroxyl groups is 1. The van der Waals surface area contributed by atoms with Gasteiger partial charge in [-0.15, -0.1) is 0 Å². The fraction of sp³-hybridized carbons (Fsp3) is 0.333. The molecule has 1 aromatic carbocycles. The number of benzene rings is 1. The molecule has 2 N–H and O–H groups in total. The van der Waals surface area contributed by atoms with E-state index in [9.17, 15) is 9.90 Å². The van der Waals surface area contributed by atoms with E-state index >= 15 is 0 Å². The number of likely N-dealkylation sites (N-methyl/N-ethyl adjacent to an activating group) is 1. The molecule has 2 rings (SSSR count). The van der Waals surface area contributed by atoms with Crippen LogP contribution in [-0.2, 0) is 6.42 Å². The molecule has 5 nitrogen and oxygen atoms in total. The number of H-pyrrole nitrogens is 1. The summed E-state index contributed by atoms with van der Waals surface area (Å²) in [4.78, 5) is 21.0. The van der Waals surface area contributed by atoms with Crippen molar-refractivity contribution in [1.82, 2.24) is 14.9 Å². The summed E-state index contributed by atoms with van der Waals surface area (Å²) in [6, 6.07) is 7.43. The van der Waals surface area contributed by atoms with Gasteiger partial charge in [-0.05, 0) is 32.1 Å². The average Bonchev–Trinajstić information content (AvgIpc) is 2.38. The summed E-state index contributed by atoms with van der Waals surface area (Å²) in [5.74, 6) is 0.287. The lowest BCUT2D eigenvalue weighted by Crippen LogP contribution is -2.20. The number of nitrogens with one attached hydrogen (secondary N) is 1. The minimum Gasteiger partial charge on any atom is -0.493 e. The third-order valence-electron chi connectivity index (χ3n) is 3.16. The summed E-state index contributed by atoms with van der Waals surface area (Å²) < 4.78 is 0. The zero-order valence-electron chi connectivity index (χ0n) is 12.0. The Bertz CT molecular complexity index is 662. The lowest BCUT2D eigenvalue weighted by Gasteiger charge is -2.10. The molecule has 106 valence electrons. The Balaban J connectivity index is 2.42. The zero-order valence-corrected chi connectivity index (χ0v) is 12.0. The van der Waals surface area contributed by atoms with Crippen LogP contribution in [0.1, 0.15) is 11.4 Å². The number of aromatic nitrogens is 2. The van der Waals surface area contributed by atoms with E-state index in [0.29, 0.717) is 17.8 Å². The van der Waals surface area contributed by atoms with Gasteiger partial charge < -0.3 is 15.0 Å². The molecule has 0 fully saturated rings. The van der Waals surface area contributed by atoms with E-state index in [-0.39, 0.29) is 17.0 Å². The van der Waals surface area contributed by atoms with Gasteiger partial charge in [-0.3, -0.25) is 4.79 Å². The van der Waals surface area contributed by atoms with E-state index in [1.807, 2.05) is 44.1 Å². The zero-order chi connectivity index (χ0) is 14.7. The van der Waals surface area contributed by atoms with Crippen molar-refractivity contribution >= 4 is 0 Å². The maximum Gasteiger partial charge on any atom is 0.262 e. The highest BCUT2D eigenvalue weighted by atomic mass is 16.3. The summed E-state index contributed by atoms with van der Waals surface area (Å²) in [5.41, 5.74) is 1.56. The van der Waals surface area contributed by atoms with Crippen LogP contribution in [0.4, 0.5) is 0 Å². The molecule has 0 saturated carbocycles. The van der Waals surface area contributed by atoms with Crippen molar-refractivity contribution in [3.05, 3.63) is 46.0 Å². The quantitative estimate of drug-likeness (QED) is 0.887. The molecular formula is C15H19N3O2. The monoisotopic (exact) mass is 273 g/mol. The molecule has 1 heterocycles. The molecule has 0 spiro atoms. The molecule has 1 aromatic heterocycles. The van der Waals surface area contributed by atoms with Gasteiger partial charge in [0.25, 0.3) is 5.56 Å². The van der Waals surface area contributed by atoms with Crippen molar-refractivity contribution in [3.63, 3.8) is 0 Å². The average molecular weight is 273 g/mol. The summed E-state index contributed by atoms with van der Waals surface area (Å²) >= 11 is 0. The Kier molecular flexibility index (Phi) is 4.20. The number of nitrogens with zero attached hydrogens (tertiary/aromatic N) is 2. The molecule has 0 aliphatic heterocycles. The van der Waals surface area contributed by atoms with E-state index in [1.165, 1.54) is 0 Å². The molecule has 0 radical (unpaired) electrons. The summed E-state index contributed by atoms with van der Waals surface area (Å²) in [7, 11) is 3.89. The number of hydrogen-bond acceptors (Lipinski definition) is 4. The highest BCUT2D eigenvalue weighted by Gasteiger charge is 2.14. The lowest BCUT2D eigenvalue weighted by atomic mass is 10.0. The number of rotatable bonds is 4. The Morgan fingerprint density at radius 2 is 2.00 bits per heavy atom. The normalized spacial score (nSPS) is 11.0. The van der Waals surface area contributed by atoms with Crippen LogP contribution < -0.4 is 5.56 Å². The van der Waals surface area contributed by atoms with Crippen LogP contribution in [0.25, 0.3) is 11.1 Å². The molecule has 2 aromatic rings. The SMILES string of the molecule is Cc1ccccc1-c1c(O)nc(CCN(C)C)[nH]c1=O. The molecule has 0 atom stereocenters. The van der Waals surface area contributed by atoms with Gasteiger partial charge in [0.1, 0.15) is 11.4 Å². The first-order chi connectivity index (χ1) is 9.49. The van der Waals surface area contributed by atoms with Crippen LogP contribution >= 0.6 is 0 Å². The molecular weight excluding hydrogens is 254 g/mol. The van der Waals surface area contributed by atoms with Gasteiger partial charge in [0.15, 0.2) is 0 Å². The summed E-state index contributed by atoms with van der Waals surface area (Å²) in [6.45, 7) is 2.65. The number of hydrogen-bond donors (Lipinski definition) is 2. The highest BCUT2D eigenvalue weighted by molar-refractivity contribution is 5.70. The summed E-state index contributed by atoms with van der Waals surface area (Å²) in [5, 5.41) is 10.1. The molecule has 0 unspecified atom stereocenters. The Labute approximate surface area is 117 Å². The van der Waals surface area contributed by atoms with Crippen molar-refractivity contribution in [1.29, 1.82) is 0 Å². The van der Waals surface area contributed by atoms with Crippen molar-refractivity contribution in [2.24, 2.45) is 0 Å². The molecule has 0 saturated heterocycles.